The van der Waals surface area contributed by atoms with Crippen molar-refractivity contribution in [3.63, 3.8) is 0 Å². The molecule has 1 aromatic heterocycles. The standard InChI is InChI=1S/C14H21NOS/c1-8-9(2)17-11(15-8)7-10(16)12-13(3,4)14(12,5)6/h12H,7H2,1-6H3. The van der Waals surface area contributed by atoms with E-state index in [0.29, 0.717) is 12.2 Å². The first kappa shape index (κ1) is 12.7. The minimum atomic E-state index is 0.144. The Morgan fingerprint density at radius 1 is 1.24 bits per heavy atom. The first-order valence-corrected chi connectivity index (χ1v) is 6.95. The Hall–Kier alpha value is -0.700. The number of aryl methyl sites for hydroxylation is 2. The summed E-state index contributed by atoms with van der Waals surface area (Å²) in [5, 5.41) is 0.975. The zero-order valence-electron chi connectivity index (χ0n) is 11.5. The van der Waals surface area contributed by atoms with Crippen molar-refractivity contribution in [2.75, 3.05) is 0 Å². The topological polar surface area (TPSA) is 30.0 Å². The summed E-state index contributed by atoms with van der Waals surface area (Å²) < 4.78 is 0. The van der Waals surface area contributed by atoms with Crippen LogP contribution in [0.15, 0.2) is 0 Å². The van der Waals surface area contributed by atoms with Gasteiger partial charge in [0.15, 0.2) is 0 Å². The maximum atomic E-state index is 12.3. The SMILES string of the molecule is Cc1nc(CC(=O)C2C(C)(C)C2(C)C)sc1C. The molecule has 94 valence electrons. The predicted octanol–water partition coefficient (Wildman–Crippen LogP) is 3.55. The van der Waals surface area contributed by atoms with Gasteiger partial charge in [0.05, 0.1) is 12.1 Å². The molecule has 1 aromatic rings. The second-order valence-electron chi connectivity index (χ2n) is 6.27. The number of ketones is 1. The van der Waals surface area contributed by atoms with Crippen LogP contribution in [0.5, 0.6) is 0 Å². The van der Waals surface area contributed by atoms with Gasteiger partial charge >= 0.3 is 0 Å². The third-order valence-corrected chi connectivity index (χ3v) is 5.81. The van der Waals surface area contributed by atoms with E-state index in [9.17, 15) is 4.79 Å². The van der Waals surface area contributed by atoms with Crippen LogP contribution in [0.4, 0.5) is 0 Å². The van der Waals surface area contributed by atoms with Crippen LogP contribution in [0.2, 0.25) is 0 Å². The van der Waals surface area contributed by atoms with Crippen molar-refractivity contribution in [3.8, 4) is 0 Å². The second kappa shape index (κ2) is 3.64. The van der Waals surface area contributed by atoms with E-state index in [4.69, 9.17) is 0 Å². The van der Waals surface area contributed by atoms with Crippen molar-refractivity contribution in [3.05, 3.63) is 15.6 Å². The molecule has 2 nitrogen and oxygen atoms in total. The number of thiazole rings is 1. The molecule has 0 aromatic carbocycles. The van der Waals surface area contributed by atoms with Crippen molar-refractivity contribution >= 4 is 17.1 Å². The number of hydrogen-bond donors (Lipinski definition) is 0. The van der Waals surface area contributed by atoms with Crippen LogP contribution >= 0.6 is 11.3 Å². The Morgan fingerprint density at radius 2 is 1.76 bits per heavy atom. The summed E-state index contributed by atoms with van der Waals surface area (Å²) >= 11 is 1.66. The van der Waals surface area contributed by atoms with Gasteiger partial charge in [-0.1, -0.05) is 27.7 Å². The number of aromatic nitrogens is 1. The molecule has 1 aliphatic rings. The summed E-state index contributed by atoms with van der Waals surface area (Å²) in [6, 6.07) is 0. The third kappa shape index (κ3) is 1.85. The van der Waals surface area contributed by atoms with Gasteiger partial charge in [-0.25, -0.2) is 4.98 Å². The van der Waals surface area contributed by atoms with Crippen LogP contribution < -0.4 is 0 Å². The van der Waals surface area contributed by atoms with E-state index in [1.54, 1.807) is 11.3 Å². The highest BCUT2D eigenvalue weighted by molar-refractivity contribution is 7.11. The van der Waals surface area contributed by atoms with Crippen molar-refractivity contribution < 1.29 is 4.79 Å². The highest BCUT2D eigenvalue weighted by Gasteiger charge is 2.67. The van der Waals surface area contributed by atoms with Crippen molar-refractivity contribution in [2.24, 2.45) is 16.7 Å². The summed E-state index contributed by atoms with van der Waals surface area (Å²) in [6.45, 7) is 12.8. The molecular formula is C14H21NOS. The molecule has 0 N–H and O–H groups in total. The van der Waals surface area contributed by atoms with E-state index in [-0.39, 0.29) is 16.7 Å². The lowest BCUT2D eigenvalue weighted by molar-refractivity contribution is -0.120. The van der Waals surface area contributed by atoms with Gasteiger partial charge in [0.1, 0.15) is 10.8 Å². The number of nitrogens with zero attached hydrogens (tertiary/aromatic N) is 1. The number of carbonyl (C=O) groups is 1. The summed E-state index contributed by atoms with van der Waals surface area (Å²) in [7, 11) is 0. The Balaban J connectivity index is 2.09. The van der Waals surface area contributed by atoms with E-state index < -0.39 is 0 Å². The third-order valence-electron chi connectivity index (χ3n) is 4.74. The quantitative estimate of drug-likeness (QED) is 0.822. The molecule has 0 radical (unpaired) electrons. The van der Waals surface area contributed by atoms with E-state index in [1.807, 2.05) is 6.92 Å². The average Bonchev–Trinajstić information content (AvgIpc) is 2.41. The predicted molar refractivity (Wildman–Crippen MR) is 71.4 cm³/mol. The monoisotopic (exact) mass is 251 g/mol. The van der Waals surface area contributed by atoms with Gasteiger partial charge in [0.25, 0.3) is 0 Å². The molecule has 2 rings (SSSR count). The molecule has 0 aliphatic heterocycles. The summed E-state index contributed by atoms with van der Waals surface area (Å²) in [5.74, 6) is 0.549. The minimum Gasteiger partial charge on any atom is -0.299 e. The zero-order valence-corrected chi connectivity index (χ0v) is 12.4. The van der Waals surface area contributed by atoms with Crippen LogP contribution in [-0.2, 0) is 11.2 Å². The molecule has 0 amide bonds. The van der Waals surface area contributed by atoms with E-state index in [2.05, 4.69) is 39.6 Å². The van der Waals surface area contributed by atoms with Crippen molar-refractivity contribution in [1.82, 2.24) is 4.98 Å². The maximum absolute atomic E-state index is 12.3. The van der Waals surface area contributed by atoms with Gasteiger partial charge in [-0.15, -0.1) is 11.3 Å². The molecule has 1 aliphatic carbocycles. The lowest BCUT2D eigenvalue weighted by Crippen LogP contribution is -2.10. The molecule has 1 heterocycles. The fraction of sp³-hybridized carbons (Fsp3) is 0.714. The van der Waals surface area contributed by atoms with E-state index in [0.717, 1.165) is 10.7 Å². The largest absolute Gasteiger partial charge is 0.299 e. The molecule has 3 heteroatoms. The molecule has 1 saturated carbocycles. The molecule has 1 fully saturated rings. The lowest BCUT2D eigenvalue weighted by atomic mass is 10.0. The molecule has 0 saturated heterocycles. The normalized spacial score (nSPS) is 21.5. The van der Waals surface area contributed by atoms with Gasteiger partial charge < -0.3 is 0 Å². The van der Waals surface area contributed by atoms with Crippen molar-refractivity contribution in [1.29, 1.82) is 0 Å². The maximum Gasteiger partial charge on any atom is 0.143 e. The summed E-state index contributed by atoms with van der Waals surface area (Å²) in [4.78, 5) is 18.0. The Bertz CT molecular complexity index is 437. The molecule has 0 atom stereocenters. The Labute approximate surface area is 107 Å². The molecule has 0 unspecified atom stereocenters. The first-order chi connectivity index (χ1) is 7.68. The minimum absolute atomic E-state index is 0.144. The lowest BCUT2D eigenvalue weighted by Gasteiger charge is -2.03. The van der Waals surface area contributed by atoms with Crippen LogP contribution in [0.25, 0.3) is 0 Å². The smallest absolute Gasteiger partial charge is 0.143 e. The van der Waals surface area contributed by atoms with Gasteiger partial charge in [-0.3, -0.25) is 4.79 Å². The van der Waals surface area contributed by atoms with Crippen molar-refractivity contribution in [2.45, 2.75) is 48.0 Å². The molecule has 0 bridgehead atoms. The summed E-state index contributed by atoms with van der Waals surface area (Å²) in [5.41, 5.74) is 1.35. The van der Waals surface area contributed by atoms with Gasteiger partial charge in [0, 0.05) is 10.8 Å². The Kier molecular flexibility index (Phi) is 2.73. The Morgan fingerprint density at radius 3 is 2.12 bits per heavy atom. The van der Waals surface area contributed by atoms with Gasteiger partial charge in [-0.2, -0.15) is 0 Å². The molecule has 0 spiro atoms. The van der Waals surface area contributed by atoms with E-state index >= 15 is 0 Å². The van der Waals surface area contributed by atoms with Gasteiger partial charge in [-0.05, 0) is 24.7 Å². The first-order valence-electron chi connectivity index (χ1n) is 6.13. The number of rotatable bonds is 3. The fourth-order valence-electron chi connectivity index (χ4n) is 2.87. The number of hydrogen-bond acceptors (Lipinski definition) is 3. The van der Waals surface area contributed by atoms with Crippen LogP contribution in [-0.4, -0.2) is 10.8 Å². The van der Waals surface area contributed by atoms with Crippen LogP contribution in [0.3, 0.4) is 0 Å². The van der Waals surface area contributed by atoms with Crippen LogP contribution in [0, 0.1) is 30.6 Å². The average molecular weight is 251 g/mol. The van der Waals surface area contributed by atoms with Crippen LogP contribution in [0.1, 0.15) is 43.3 Å². The molecular weight excluding hydrogens is 230 g/mol. The van der Waals surface area contributed by atoms with E-state index in [1.165, 1.54) is 4.88 Å². The molecule has 17 heavy (non-hydrogen) atoms. The highest BCUT2D eigenvalue weighted by Crippen LogP contribution is 2.68. The number of Topliss-reactive ketones (excluding diaryl/α,β-unsaturated/α-hetero) is 1. The zero-order chi connectivity index (χ0) is 13.0. The summed E-state index contributed by atoms with van der Waals surface area (Å²) in [6.07, 6.45) is 0.511. The highest BCUT2D eigenvalue weighted by atomic mass is 32.1. The fourth-order valence-corrected chi connectivity index (χ4v) is 3.81. The second-order valence-corrected chi connectivity index (χ2v) is 7.56. The number of carbonyl (C=O) groups excluding carboxylic acids is 1. The van der Waals surface area contributed by atoms with Gasteiger partial charge in [0.2, 0.25) is 0 Å².